The average molecular weight is 331 g/mol. The summed E-state index contributed by atoms with van der Waals surface area (Å²) in [5, 5.41) is 0. The SMILES string of the molecule is COc1c(C)cnc(CN(C)C(=O)[C@H]2CC(=O)N(C3CC3)C2)c1C. The third-order valence-electron chi connectivity index (χ3n) is 5.01. The second-order valence-electron chi connectivity index (χ2n) is 6.92. The van der Waals surface area contributed by atoms with E-state index in [1.165, 1.54) is 0 Å². The van der Waals surface area contributed by atoms with Crippen LogP contribution >= 0.6 is 0 Å². The number of ether oxygens (including phenoxy) is 1. The third kappa shape index (κ3) is 3.09. The van der Waals surface area contributed by atoms with Gasteiger partial charge in [0.15, 0.2) is 0 Å². The number of nitrogens with zero attached hydrogens (tertiary/aromatic N) is 3. The van der Waals surface area contributed by atoms with E-state index in [0.29, 0.717) is 25.6 Å². The van der Waals surface area contributed by atoms with Crippen molar-refractivity contribution in [1.82, 2.24) is 14.8 Å². The summed E-state index contributed by atoms with van der Waals surface area (Å²) in [6.45, 7) is 4.90. The minimum atomic E-state index is -0.226. The number of amides is 2. The molecule has 0 unspecified atom stereocenters. The molecule has 1 aliphatic carbocycles. The summed E-state index contributed by atoms with van der Waals surface area (Å²) in [6, 6.07) is 0.380. The summed E-state index contributed by atoms with van der Waals surface area (Å²) in [7, 11) is 3.42. The predicted molar refractivity (Wildman–Crippen MR) is 89.6 cm³/mol. The number of likely N-dealkylation sites (tertiary alicyclic amines) is 1. The molecule has 0 bridgehead atoms. The molecule has 3 rings (SSSR count). The number of carbonyl (C=O) groups excluding carboxylic acids is 2. The molecule has 1 aromatic rings. The van der Waals surface area contributed by atoms with Crippen molar-refractivity contribution in [2.75, 3.05) is 20.7 Å². The molecule has 1 saturated heterocycles. The minimum absolute atomic E-state index is 0.0206. The molecule has 2 amide bonds. The van der Waals surface area contributed by atoms with Gasteiger partial charge in [0.25, 0.3) is 0 Å². The molecule has 0 aromatic carbocycles. The summed E-state index contributed by atoms with van der Waals surface area (Å²) in [5.74, 6) is 0.732. The van der Waals surface area contributed by atoms with Crippen molar-refractivity contribution >= 4 is 11.8 Å². The molecule has 6 heteroatoms. The number of carbonyl (C=O) groups is 2. The quantitative estimate of drug-likeness (QED) is 0.823. The number of aryl methyl sites for hydroxylation is 1. The standard InChI is InChI=1S/C18H25N3O3/c1-11-8-19-15(12(2)17(11)24-4)10-20(3)18(23)13-7-16(22)21(9-13)14-5-6-14/h8,13-14H,5-7,9-10H2,1-4H3/t13-/m0/s1. The van der Waals surface area contributed by atoms with Crippen LogP contribution in [0.5, 0.6) is 5.75 Å². The maximum atomic E-state index is 12.7. The number of methoxy groups -OCH3 is 1. The Morgan fingerprint density at radius 2 is 2.12 bits per heavy atom. The molecule has 0 N–H and O–H groups in total. The highest BCUT2D eigenvalue weighted by molar-refractivity contribution is 5.89. The van der Waals surface area contributed by atoms with Gasteiger partial charge in [-0.05, 0) is 26.7 Å². The van der Waals surface area contributed by atoms with Crippen molar-refractivity contribution in [3.63, 3.8) is 0 Å². The first-order chi connectivity index (χ1) is 11.4. The van der Waals surface area contributed by atoms with Crippen LogP contribution in [0.25, 0.3) is 0 Å². The fourth-order valence-corrected chi connectivity index (χ4v) is 3.48. The zero-order valence-electron chi connectivity index (χ0n) is 14.8. The van der Waals surface area contributed by atoms with Crippen LogP contribution in [-0.4, -0.2) is 53.3 Å². The second kappa shape index (κ2) is 6.42. The number of rotatable bonds is 5. The van der Waals surface area contributed by atoms with E-state index in [1.807, 2.05) is 18.7 Å². The first-order valence-electron chi connectivity index (χ1n) is 8.45. The van der Waals surface area contributed by atoms with Gasteiger partial charge in [-0.15, -0.1) is 0 Å². The Balaban J connectivity index is 1.68. The smallest absolute Gasteiger partial charge is 0.228 e. The van der Waals surface area contributed by atoms with Crippen LogP contribution in [0.4, 0.5) is 0 Å². The molecule has 130 valence electrons. The van der Waals surface area contributed by atoms with E-state index >= 15 is 0 Å². The van der Waals surface area contributed by atoms with Crippen LogP contribution < -0.4 is 4.74 Å². The van der Waals surface area contributed by atoms with Gasteiger partial charge in [0.2, 0.25) is 11.8 Å². The zero-order valence-corrected chi connectivity index (χ0v) is 14.8. The van der Waals surface area contributed by atoms with E-state index in [2.05, 4.69) is 4.98 Å². The highest BCUT2D eigenvalue weighted by atomic mass is 16.5. The van der Waals surface area contributed by atoms with Gasteiger partial charge in [-0.25, -0.2) is 0 Å². The second-order valence-corrected chi connectivity index (χ2v) is 6.92. The third-order valence-corrected chi connectivity index (χ3v) is 5.01. The van der Waals surface area contributed by atoms with E-state index in [0.717, 1.165) is 35.4 Å². The van der Waals surface area contributed by atoms with Crippen LogP contribution in [0.3, 0.4) is 0 Å². The van der Waals surface area contributed by atoms with Gasteiger partial charge in [-0.1, -0.05) is 0 Å². The topological polar surface area (TPSA) is 62.7 Å². The normalized spacial score (nSPS) is 20.4. The number of hydrogen-bond donors (Lipinski definition) is 0. The summed E-state index contributed by atoms with van der Waals surface area (Å²) in [6.07, 6.45) is 4.26. The first kappa shape index (κ1) is 16.7. The van der Waals surface area contributed by atoms with Gasteiger partial charge in [0.1, 0.15) is 5.75 Å². The Morgan fingerprint density at radius 3 is 2.75 bits per heavy atom. The van der Waals surface area contributed by atoms with Gasteiger partial charge in [0.05, 0.1) is 25.3 Å². The summed E-state index contributed by atoms with van der Waals surface area (Å²) in [4.78, 5) is 32.8. The van der Waals surface area contributed by atoms with Gasteiger partial charge in [-0.2, -0.15) is 0 Å². The molecule has 0 spiro atoms. The predicted octanol–water partition coefficient (Wildman–Crippen LogP) is 1.68. The maximum absolute atomic E-state index is 12.7. The molecule has 6 nitrogen and oxygen atoms in total. The number of hydrogen-bond acceptors (Lipinski definition) is 4. The van der Waals surface area contributed by atoms with E-state index in [-0.39, 0.29) is 17.7 Å². The van der Waals surface area contributed by atoms with E-state index in [4.69, 9.17) is 4.74 Å². The minimum Gasteiger partial charge on any atom is -0.496 e. The van der Waals surface area contributed by atoms with Crippen LogP contribution in [0.2, 0.25) is 0 Å². The summed E-state index contributed by atoms with van der Waals surface area (Å²) < 4.78 is 5.42. The Kier molecular flexibility index (Phi) is 4.47. The van der Waals surface area contributed by atoms with Gasteiger partial charge in [0, 0.05) is 43.4 Å². The van der Waals surface area contributed by atoms with Crippen molar-refractivity contribution in [1.29, 1.82) is 0 Å². The molecule has 2 aliphatic rings. The molecule has 1 saturated carbocycles. The lowest BCUT2D eigenvalue weighted by molar-refractivity contribution is -0.135. The van der Waals surface area contributed by atoms with Crippen LogP contribution in [0.1, 0.15) is 36.1 Å². The monoisotopic (exact) mass is 331 g/mol. The van der Waals surface area contributed by atoms with Crippen molar-refractivity contribution < 1.29 is 14.3 Å². The number of aromatic nitrogens is 1. The molecule has 2 heterocycles. The van der Waals surface area contributed by atoms with E-state index in [9.17, 15) is 9.59 Å². The van der Waals surface area contributed by atoms with Gasteiger partial charge in [-0.3, -0.25) is 14.6 Å². The first-order valence-corrected chi connectivity index (χ1v) is 8.45. The van der Waals surface area contributed by atoms with Crippen LogP contribution in [-0.2, 0) is 16.1 Å². The van der Waals surface area contributed by atoms with Crippen molar-refractivity contribution in [2.45, 2.75) is 45.7 Å². The molecule has 1 atom stereocenters. The van der Waals surface area contributed by atoms with Gasteiger partial charge >= 0.3 is 0 Å². The Bertz CT molecular complexity index is 670. The molecule has 24 heavy (non-hydrogen) atoms. The molecule has 2 fully saturated rings. The van der Waals surface area contributed by atoms with E-state index in [1.54, 1.807) is 25.3 Å². The van der Waals surface area contributed by atoms with Crippen molar-refractivity contribution in [3.8, 4) is 5.75 Å². The zero-order chi connectivity index (χ0) is 17.4. The lowest BCUT2D eigenvalue weighted by atomic mass is 10.1. The van der Waals surface area contributed by atoms with Crippen molar-refractivity contribution in [3.05, 3.63) is 23.0 Å². The van der Waals surface area contributed by atoms with Gasteiger partial charge < -0.3 is 14.5 Å². The highest BCUT2D eigenvalue weighted by Gasteiger charge is 2.42. The molecule has 1 aromatic heterocycles. The number of pyridine rings is 1. The van der Waals surface area contributed by atoms with E-state index < -0.39 is 0 Å². The fourth-order valence-electron chi connectivity index (χ4n) is 3.48. The largest absolute Gasteiger partial charge is 0.496 e. The van der Waals surface area contributed by atoms with Crippen molar-refractivity contribution in [2.24, 2.45) is 5.92 Å². The Hall–Kier alpha value is -2.11. The highest BCUT2D eigenvalue weighted by Crippen LogP contribution is 2.33. The molecular formula is C18H25N3O3. The lowest BCUT2D eigenvalue weighted by Crippen LogP contribution is -2.35. The summed E-state index contributed by atoms with van der Waals surface area (Å²) >= 11 is 0. The Morgan fingerprint density at radius 1 is 1.42 bits per heavy atom. The summed E-state index contributed by atoms with van der Waals surface area (Å²) in [5.41, 5.74) is 2.77. The molecule has 0 radical (unpaired) electrons. The van der Waals surface area contributed by atoms with Crippen LogP contribution in [0.15, 0.2) is 6.20 Å². The fraction of sp³-hybridized carbons (Fsp3) is 0.611. The Labute approximate surface area is 142 Å². The molecular weight excluding hydrogens is 306 g/mol. The maximum Gasteiger partial charge on any atom is 0.228 e. The van der Waals surface area contributed by atoms with Crippen LogP contribution in [0, 0.1) is 19.8 Å². The average Bonchev–Trinajstić information content (AvgIpc) is 3.32. The molecule has 1 aliphatic heterocycles. The lowest BCUT2D eigenvalue weighted by Gasteiger charge is -2.22.